The lowest BCUT2D eigenvalue weighted by molar-refractivity contribution is -0.115. The lowest BCUT2D eigenvalue weighted by atomic mass is 10.1. The summed E-state index contributed by atoms with van der Waals surface area (Å²) in [6.45, 7) is 2.49. The summed E-state index contributed by atoms with van der Waals surface area (Å²) >= 11 is 5.91. The summed E-state index contributed by atoms with van der Waals surface area (Å²) in [7, 11) is 0. The fourth-order valence-electron chi connectivity index (χ4n) is 2.63. The molecule has 6 nitrogen and oxygen atoms in total. The Morgan fingerprint density at radius 2 is 2.33 bits per heavy atom. The fourth-order valence-corrected chi connectivity index (χ4v) is 2.81. The number of oxime groups is 1. The van der Waals surface area contributed by atoms with Gasteiger partial charge in [-0.2, -0.15) is 0 Å². The van der Waals surface area contributed by atoms with Crippen LogP contribution in [0.3, 0.4) is 0 Å². The molecule has 130 valence electrons. The number of carbonyl (C=O) groups is 1. The molecule has 0 aromatic heterocycles. The molecule has 1 aromatic carbocycles. The van der Waals surface area contributed by atoms with Crippen molar-refractivity contribution in [2.24, 2.45) is 11.1 Å². The van der Waals surface area contributed by atoms with E-state index in [9.17, 15) is 4.79 Å². The first-order chi connectivity index (χ1) is 11.7. The van der Waals surface area contributed by atoms with Gasteiger partial charge < -0.3 is 19.6 Å². The van der Waals surface area contributed by atoms with E-state index in [1.165, 1.54) is 0 Å². The molecule has 0 spiro atoms. The summed E-state index contributed by atoms with van der Waals surface area (Å²) in [6.07, 6.45) is 2.10. The largest absolute Gasteiger partial charge is 0.490 e. The molecular weight excluding hydrogens is 332 g/mol. The van der Waals surface area contributed by atoms with Gasteiger partial charge in [-0.05, 0) is 31.0 Å². The second-order valence-electron chi connectivity index (χ2n) is 6.01. The molecule has 2 atom stereocenters. The van der Waals surface area contributed by atoms with E-state index in [1.54, 1.807) is 12.1 Å². The van der Waals surface area contributed by atoms with Crippen molar-refractivity contribution in [2.45, 2.75) is 25.4 Å². The SMILES string of the molecule is O=C(NC[C@@H]1CCOC1)C1=NOC(COc2cccc(Cl)c2)CC1. The van der Waals surface area contributed by atoms with E-state index in [0.717, 1.165) is 13.0 Å². The predicted octanol–water partition coefficient (Wildman–Crippen LogP) is 2.41. The molecule has 0 bridgehead atoms. The number of rotatable bonds is 6. The molecule has 0 saturated carbocycles. The molecule has 2 aliphatic rings. The third-order valence-electron chi connectivity index (χ3n) is 4.08. The van der Waals surface area contributed by atoms with Crippen molar-refractivity contribution in [1.82, 2.24) is 5.32 Å². The minimum Gasteiger partial charge on any atom is -0.490 e. The number of amides is 1. The van der Waals surface area contributed by atoms with Gasteiger partial charge in [0.15, 0.2) is 6.10 Å². The van der Waals surface area contributed by atoms with Gasteiger partial charge in [-0.25, -0.2) is 0 Å². The summed E-state index contributed by atoms with van der Waals surface area (Å²) in [5.41, 5.74) is 0.438. The van der Waals surface area contributed by atoms with Crippen LogP contribution in [0.5, 0.6) is 5.75 Å². The van der Waals surface area contributed by atoms with Gasteiger partial charge >= 0.3 is 0 Å². The van der Waals surface area contributed by atoms with Gasteiger partial charge in [0.05, 0.1) is 6.61 Å². The van der Waals surface area contributed by atoms with Crippen LogP contribution in [-0.4, -0.2) is 44.1 Å². The summed E-state index contributed by atoms with van der Waals surface area (Å²) < 4.78 is 10.9. The predicted molar refractivity (Wildman–Crippen MR) is 90.4 cm³/mol. The van der Waals surface area contributed by atoms with E-state index >= 15 is 0 Å². The van der Waals surface area contributed by atoms with Crippen LogP contribution < -0.4 is 10.1 Å². The molecule has 1 unspecified atom stereocenters. The van der Waals surface area contributed by atoms with Gasteiger partial charge in [-0.15, -0.1) is 0 Å². The zero-order chi connectivity index (χ0) is 16.8. The Hall–Kier alpha value is -1.79. The molecule has 0 radical (unpaired) electrons. The number of hydrogen-bond donors (Lipinski definition) is 1. The van der Waals surface area contributed by atoms with Crippen LogP contribution >= 0.6 is 11.6 Å². The van der Waals surface area contributed by atoms with Crippen LogP contribution in [0.4, 0.5) is 0 Å². The van der Waals surface area contributed by atoms with Crippen LogP contribution in [0.1, 0.15) is 19.3 Å². The summed E-state index contributed by atoms with van der Waals surface area (Å²) in [5.74, 6) is 0.936. The molecule has 7 heteroatoms. The Labute approximate surface area is 146 Å². The Balaban J connectivity index is 1.40. The van der Waals surface area contributed by atoms with E-state index in [4.69, 9.17) is 25.9 Å². The molecule has 1 amide bonds. The number of nitrogens with one attached hydrogen (secondary N) is 1. The standard InChI is InChI=1S/C17H21ClN2O4/c18-13-2-1-3-14(8-13)23-11-15-4-5-16(20-24-15)17(21)19-9-12-6-7-22-10-12/h1-3,8,12,15H,4-7,9-11H2,(H,19,21)/t12-,15?/m0/s1. The van der Waals surface area contributed by atoms with Gasteiger partial charge in [0.1, 0.15) is 18.1 Å². The second-order valence-corrected chi connectivity index (χ2v) is 6.45. The number of benzene rings is 1. The zero-order valence-corrected chi connectivity index (χ0v) is 14.1. The summed E-state index contributed by atoms with van der Waals surface area (Å²) in [4.78, 5) is 17.4. The zero-order valence-electron chi connectivity index (χ0n) is 13.4. The van der Waals surface area contributed by atoms with Crippen molar-refractivity contribution >= 4 is 23.2 Å². The Bertz CT molecular complexity index is 602. The summed E-state index contributed by atoms with van der Waals surface area (Å²) in [6, 6.07) is 7.20. The molecule has 2 aliphatic heterocycles. The van der Waals surface area contributed by atoms with Crippen molar-refractivity contribution in [3.05, 3.63) is 29.3 Å². The van der Waals surface area contributed by atoms with Gasteiger partial charge in [-0.1, -0.05) is 22.8 Å². The second kappa shape index (κ2) is 8.35. The molecule has 0 aliphatic carbocycles. The minimum atomic E-state index is -0.163. The van der Waals surface area contributed by atoms with E-state index in [0.29, 0.717) is 55.0 Å². The molecule has 24 heavy (non-hydrogen) atoms. The lowest BCUT2D eigenvalue weighted by Gasteiger charge is -2.21. The van der Waals surface area contributed by atoms with Crippen molar-refractivity contribution in [3.8, 4) is 5.75 Å². The number of ether oxygens (including phenoxy) is 2. The average Bonchev–Trinajstić information content (AvgIpc) is 3.12. The first-order valence-electron chi connectivity index (χ1n) is 8.17. The van der Waals surface area contributed by atoms with Crippen LogP contribution in [0.15, 0.2) is 29.4 Å². The van der Waals surface area contributed by atoms with Crippen LogP contribution in [0.2, 0.25) is 5.02 Å². The van der Waals surface area contributed by atoms with Crippen LogP contribution in [0, 0.1) is 5.92 Å². The minimum absolute atomic E-state index is 0.156. The number of nitrogens with zero attached hydrogens (tertiary/aromatic N) is 1. The molecule has 1 N–H and O–H groups in total. The van der Waals surface area contributed by atoms with E-state index in [1.807, 2.05) is 12.1 Å². The molecular formula is C17H21ClN2O4. The van der Waals surface area contributed by atoms with Gasteiger partial charge in [0, 0.05) is 30.5 Å². The van der Waals surface area contributed by atoms with E-state index < -0.39 is 0 Å². The highest BCUT2D eigenvalue weighted by Crippen LogP contribution is 2.19. The van der Waals surface area contributed by atoms with Crippen molar-refractivity contribution in [1.29, 1.82) is 0 Å². The molecule has 1 saturated heterocycles. The monoisotopic (exact) mass is 352 g/mol. The maximum atomic E-state index is 12.1. The maximum absolute atomic E-state index is 12.1. The third-order valence-corrected chi connectivity index (χ3v) is 4.32. The number of halogens is 1. The lowest BCUT2D eigenvalue weighted by Crippen LogP contribution is -2.37. The first-order valence-corrected chi connectivity index (χ1v) is 8.55. The number of carbonyl (C=O) groups excluding carboxylic acids is 1. The van der Waals surface area contributed by atoms with Crippen molar-refractivity contribution < 1.29 is 19.1 Å². The molecule has 2 heterocycles. The van der Waals surface area contributed by atoms with Gasteiger partial charge in [0.2, 0.25) is 0 Å². The molecule has 1 fully saturated rings. The Morgan fingerprint density at radius 1 is 1.42 bits per heavy atom. The van der Waals surface area contributed by atoms with E-state index in [2.05, 4.69) is 10.5 Å². The molecule has 3 rings (SSSR count). The first kappa shape index (κ1) is 17.0. The Kier molecular flexibility index (Phi) is 5.93. The maximum Gasteiger partial charge on any atom is 0.269 e. The van der Waals surface area contributed by atoms with Crippen LogP contribution in [-0.2, 0) is 14.4 Å². The molecule has 1 aromatic rings. The topological polar surface area (TPSA) is 69.2 Å². The highest BCUT2D eigenvalue weighted by molar-refractivity contribution is 6.38. The van der Waals surface area contributed by atoms with Crippen molar-refractivity contribution in [3.63, 3.8) is 0 Å². The highest BCUT2D eigenvalue weighted by atomic mass is 35.5. The van der Waals surface area contributed by atoms with Crippen LogP contribution in [0.25, 0.3) is 0 Å². The van der Waals surface area contributed by atoms with Gasteiger partial charge in [0.25, 0.3) is 5.91 Å². The average molecular weight is 353 g/mol. The van der Waals surface area contributed by atoms with E-state index in [-0.39, 0.29) is 12.0 Å². The van der Waals surface area contributed by atoms with Crippen molar-refractivity contribution in [2.75, 3.05) is 26.4 Å². The van der Waals surface area contributed by atoms with Gasteiger partial charge in [-0.3, -0.25) is 4.79 Å². The Morgan fingerprint density at radius 3 is 3.04 bits per heavy atom. The quantitative estimate of drug-likeness (QED) is 0.853. The highest BCUT2D eigenvalue weighted by Gasteiger charge is 2.24. The third kappa shape index (κ3) is 4.85. The normalized spacial score (nSPS) is 23.3. The number of hydrogen-bond acceptors (Lipinski definition) is 5. The fraction of sp³-hybridized carbons (Fsp3) is 0.529. The smallest absolute Gasteiger partial charge is 0.269 e. The summed E-state index contributed by atoms with van der Waals surface area (Å²) in [5, 5.41) is 7.48.